The number of aliphatic hydroxyl groups excluding tert-OH is 1. The van der Waals surface area contributed by atoms with Gasteiger partial charge in [-0.3, -0.25) is 24.2 Å². The summed E-state index contributed by atoms with van der Waals surface area (Å²) in [5, 5.41) is 25.8. The first-order valence-electron chi connectivity index (χ1n) is 10.8. The maximum atomic E-state index is 12.7. The van der Waals surface area contributed by atoms with Gasteiger partial charge in [0.2, 0.25) is 23.6 Å². The van der Waals surface area contributed by atoms with Gasteiger partial charge in [-0.25, -0.2) is 4.79 Å². The third-order valence-corrected chi connectivity index (χ3v) is 5.30. The van der Waals surface area contributed by atoms with Crippen LogP contribution in [0.15, 0.2) is 4.99 Å². The Hall–Kier alpha value is -3.11. The van der Waals surface area contributed by atoms with E-state index in [0.29, 0.717) is 12.2 Å². The summed E-state index contributed by atoms with van der Waals surface area (Å²) in [4.78, 5) is 63.9. The van der Waals surface area contributed by atoms with E-state index in [1.54, 1.807) is 6.26 Å². The van der Waals surface area contributed by atoms with Crippen LogP contribution >= 0.6 is 11.8 Å². The number of nitrogens with two attached hydrogens (primary N) is 4. The molecule has 0 spiro atoms. The number of carboxylic acid groups (broad SMARTS) is 1. The van der Waals surface area contributed by atoms with Crippen LogP contribution in [0.4, 0.5) is 0 Å². The Morgan fingerprint density at radius 1 is 0.886 bits per heavy atom. The van der Waals surface area contributed by atoms with Gasteiger partial charge in [-0.05, 0) is 37.7 Å². The molecule has 0 aromatic rings. The SMILES string of the molecule is CSCCC(NC(=O)C(CCC(N)=O)NC(=O)C(CO)NC(=O)C(N)CCCN=C(N)N)C(=O)O. The summed E-state index contributed by atoms with van der Waals surface area (Å²) in [6, 6.07) is -5.03. The highest BCUT2D eigenvalue weighted by Crippen LogP contribution is 2.05. The number of aliphatic imine (C=N–C) groups is 1. The van der Waals surface area contributed by atoms with Gasteiger partial charge in [-0.1, -0.05) is 0 Å². The number of nitrogens with one attached hydrogen (secondary N) is 3. The Kier molecular flexibility index (Phi) is 15.8. The van der Waals surface area contributed by atoms with Crippen molar-refractivity contribution in [1.29, 1.82) is 0 Å². The van der Waals surface area contributed by atoms with Gasteiger partial charge < -0.3 is 49.1 Å². The number of rotatable bonds is 18. The van der Waals surface area contributed by atoms with Crippen LogP contribution in [0.3, 0.4) is 0 Å². The van der Waals surface area contributed by atoms with Crippen molar-refractivity contribution in [3.8, 4) is 0 Å². The fourth-order valence-corrected chi connectivity index (χ4v) is 3.19. The topological polar surface area (TPSA) is 278 Å². The fraction of sp³-hybridized carbons (Fsp3) is 0.684. The van der Waals surface area contributed by atoms with Gasteiger partial charge in [0.25, 0.3) is 0 Å². The van der Waals surface area contributed by atoms with Gasteiger partial charge >= 0.3 is 5.97 Å². The largest absolute Gasteiger partial charge is 0.480 e. The number of carboxylic acids is 1. The Labute approximate surface area is 207 Å². The van der Waals surface area contributed by atoms with Gasteiger partial charge in [0.1, 0.15) is 18.1 Å². The van der Waals surface area contributed by atoms with Crippen molar-refractivity contribution in [3.63, 3.8) is 0 Å². The lowest BCUT2D eigenvalue weighted by Crippen LogP contribution is -2.58. The first kappa shape index (κ1) is 31.9. The Morgan fingerprint density at radius 3 is 1.97 bits per heavy atom. The molecule has 200 valence electrons. The van der Waals surface area contributed by atoms with Gasteiger partial charge in [0.05, 0.1) is 12.6 Å². The Morgan fingerprint density at radius 2 is 1.46 bits per heavy atom. The molecule has 0 aromatic heterocycles. The molecule has 13 N–H and O–H groups in total. The Bertz CT molecular complexity index is 763. The van der Waals surface area contributed by atoms with Crippen LogP contribution in [-0.4, -0.2) is 95.1 Å². The zero-order valence-electron chi connectivity index (χ0n) is 19.6. The van der Waals surface area contributed by atoms with Gasteiger partial charge in [-0.2, -0.15) is 11.8 Å². The molecule has 4 atom stereocenters. The number of hydrogen-bond acceptors (Lipinski definition) is 9. The van der Waals surface area contributed by atoms with Crippen molar-refractivity contribution in [3.05, 3.63) is 0 Å². The van der Waals surface area contributed by atoms with Crippen molar-refractivity contribution in [2.75, 3.05) is 25.2 Å². The van der Waals surface area contributed by atoms with Crippen LogP contribution in [0.25, 0.3) is 0 Å². The molecule has 0 rings (SSSR count). The maximum absolute atomic E-state index is 12.7. The van der Waals surface area contributed by atoms with E-state index in [-0.39, 0.29) is 38.2 Å². The minimum absolute atomic E-state index is 0.103. The van der Waals surface area contributed by atoms with Crippen molar-refractivity contribution < 1.29 is 34.2 Å². The molecule has 15 nitrogen and oxygen atoms in total. The van der Waals surface area contributed by atoms with E-state index in [9.17, 15) is 34.2 Å². The van der Waals surface area contributed by atoms with Gasteiger partial charge in [-0.15, -0.1) is 0 Å². The highest BCUT2D eigenvalue weighted by Gasteiger charge is 2.30. The smallest absolute Gasteiger partial charge is 0.326 e. The van der Waals surface area contributed by atoms with Crippen molar-refractivity contribution >= 4 is 47.3 Å². The molecule has 0 aliphatic rings. The number of carbonyl (C=O) groups excluding carboxylic acids is 4. The van der Waals surface area contributed by atoms with Crippen LogP contribution in [-0.2, 0) is 24.0 Å². The number of amides is 4. The van der Waals surface area contributed by atoms with E-state index in [1.165, 1.54) is 11.8 Å². The highest BCUT2D eigenvalue weighted by atomic mass is 32.2. The number of hydrogen-bond donors (Lipinski definition) is 9. The van der Waals surface area contributed by atoms with E-state index in [0.717, 1.165) is 0 Å². The van der Waals surface area contributed by atoms with Crippen LogP contribution in [0.1, 0.15) is 32.1 Å². The number of guanidine groups is 1. The standard InChI is InChI=1S/C19H36N8O7S/c1-35-8-6-12(18(33)34)26-16(31)11(4-5-14(21)29)25-17(32)13(9-28)27-15(30)10(20)3-2-7-24-19(22)23/h10-13,28H,2-9,20H2,1H3,(H2,21,29)(H,25,32)(H,26,31)(H,27,30)(H,33,34)(H4,22,23,24). The quantitative estimate of drug-likeness (QED) is 0.0475. The Balaban J connectivity index is 5.19. The van der Waals surface area contributed by atoms with E-state index in [2.05, 4.69) is 20.9 Å². The molecular weight excluding hydrogens is 484 g/mol. The van der Waals surface area contributed by atoms with Crippen LogP contribution in [0, 0.1) is 0 Å². The zero-order chi connectivity index (χ0) is 27.0. The number of thioether (sulfide) groups is 1. The first-order valence-corrected chi connectivity index (χ1v) is 12.1. The summed E-state index contributed by atoms with van der Waals surface area (Å²) in [5.41, 5.74) is 21.3. The molecule has 0 aliphatic heterocycles. The monoisotopic (exact) mass is 520 g/mol. The van der Waals surface area contributed by atoms with Crippen LogP contribution in [0.2, 0.25) is 0 Å². The number of nitrogens with zero attached hydrogens (tertiary/aromatic N) is 1. The van der Waals surface area contributed by atoms with Gasteiger partial charge in [0, 0.05) is 13.0 Å². The minimum Gasteiger partial charge on any atom is -0.480 e. The summed E-state index contributed by atoms with van der Waals surface area (Å²) in [7, 11) is 0. The molecule has 0 radical (unpaired) electrons. The summed E-state index contributed by atoms with van der Waals surface area (Å²) in [5.74, 6) is -4.17. The lowest BCUT2D eigenvalue weighted by Gasteiger charge is -2.24. The predicted molar refractivity (Wildman–Crippen MR) is 130 cm³/mol. The maximum Gasteiger partial charge on any atom is 0.326 e. The highest BCUT2D eigenvalue weighted by molar-refractivity contribution is 7.98. The van der Waals surface area contributed by atoms with Crippen molar-refractivity contribution in [2.24, 2.45) is 27.9 Å². The van der Waals surface area contributed by atoms with Crippen molar-refractivity contribution in [1.82, 2.24) is 16.0 Å². The summed E-state index contributed by atoms with van der Waals surface area (Å²) in [6.07, 6.45) is 1.98. The number of aliphatic carboxylic acids is 1. The normalized spacial score (nSPS) is 14.0. The summed E-state index contributed by atoms with van der Waals surface area (Å²) < 4.78 is 0. The van der Waals surface area contributed by atoms with Crippen LogP contribution < -0.4 is 38.9 Å². The molecule has 0 saturated heterocycles. The molecule has 0 fully saturated rings. The average molecular weight is 521 g/mol. The molecular formula is C19H36N8O7S. The lowest BCUT2D eigenvalue weighted by molar-refractivity contribution is -0.142. The van der Waals surface area contributed by atoms with Crippen molar-refractivity contribution in [2.45, 2.75) is 56.3 Å². The molecule has 16 heteroatoms. The first-order chi connectivity index (χ1) is 16.4. The predicted octanol–water partition coefficient (Wildman–Crippen LogP) is -4.08. The molecule has 0 saturated carbocycles. The fourth-order valence-electron chi connectivity index (χ4n) is 2.72. The number of aliphatic hydroxyl groups is 1. The number of primary amides is 1. The molecule has 4 amide bonds. The van der Waals surface area contributed by atoms with Gasteiger partial charge in [0.15, 0.2) is 5.96 Å². The third-order valence-electron chi connectivity index (χ3n) is 4.66. The van der Waals surface area contributed by atoms with E-state index in [4.69, 9.17) is 22.9 Å². The molecule has 0 aliphatic carbocycles. The average Bonchev–Trinajstić information content (AvgIpc) is 2.79. The van der Waals surface area contributed by atoms with Crippen LogP contribution in [0.5, 0.6) is 0 Å². The second-order valence-electron chi connectivity index (χ2n) is 7.55. The third kappa shape index (κ3) is 14.0. The zero-order valence-corrected chi connectivity index (χ0v) is 20.4. The minimum atomic E-state index is -1.46. The van der Waals surface area contributed by atoms with E-state index >= 15 is 0 Å². The summed E-state index contributed by atoms with van der Waals surface area (Å²) in [6.45, 7) is -0.563. The van der Waals surface area contributed by atoms with E-state index < -0.39 is 60.4 Å². The summed E-state index contributed by atoms with van der Waals surface area (Å²) >= 11 is 1.39. The second kappa shape index (κ2) is 17.3. The molecule has 35 heavy (non-hydrogen) atoms. The molecule has 0 heterocycles. The second-order valence-corrected chi connectivity index (χ2v) is 8.53. The molecule has 4 unspecified atom stereocenters. The molecule has 0 bridgehead atoms. The van der Waals surface area contributed by atoms with E-state index in [1.807, 2.05) is 0 Å². The molecule has 0 aromatic carbocycles. The lowest BCUT2D eigenvalue weighted by atomic mass is 10.1. The number of carbonyl (C=O) groups is 5.